The first-order chi connectivity index (χ1) is 13.2. The van der Waals surface area contributed by atoms with Gasteiger partial charge in [0.15, 0.2) is 5.13 Å². The van der Waals surface area contributed by atoms with Crippen LogP contribution in [0.1, 0.15) is 9.67 Å². The molecule has 0 unspecified atom stereocenters. The van der Waals surface area contributed by atoms with Gasteiger partial charge in [-0.15, -0.1) is 34.0 Å². The minimum Gasteiger partial charge on any atom is -0.297 e. The van der Waals surface area contributed by atoms with Crippen molar-refractivity contribution in [1.29, 1.82) is 0 Å². The number of rotatable bonds is 3. The Bertz CT molecular complexity index is 1270. The number of carbonyl (C=O) groups is 1. The number of amides is 1. The molecule has 0 aliphatic heterocycles. The summed E-state index contributed by atoms with van der Waals surface area (Å²) in [4.78, 5) is 22.3. The van der Waals surface area contributed by atoms with Gasteiger partial charge in [-0.25, -0.2) is 9.97 Å². The average molecular weight is 428 g/mol. The largest absolute Gasteiger partial charge is 0.297 e. The van der Waals surface area contributed by atoms with Crippen LogP contribution in [0, 0.1) is 0 Å². The fourth-order valence-corrected chi connectivity index (χ4v) is 5.83. The molecule has 3 aromatic heterocycles. The lowest BCUT2D eigenvalue weighted by molar-refractivity contribution is 0.103. The molecule has 0 fully saturated rings. The second-order valence-corrected chi connectivity index (χ2v) is 9.04. The molecule has 5 rings (SSSR count). The highest BCUT2D eigenvalue weighted by Gasteiger charge is 2.18. The van der Waals surface area contributed by atoms with Gasteiger partial charge in [-0.2, -0.15) is 0 Å². The number of thiazole rings is 2. The van der Waals surface area contributed by atoms with Gasteiger partial charge in [0.05, 0.1) is 15.2 Å². The van der Waals surface area contributed by atoms with Crippen LogP contribution in [-0.4, -0.2) is 15.9 Å². The topological polar surface area (TPSA) is 54.9 Å². The van der Waals surface area contributed by atoms with Crippen LogP contribution in [0.15, 0.2) is 53.9 Å². The van der Waals surface area contributed by atoms with Crippen molar-refractivity contribution < 1.29 is 4.79 Å². The molecule has 0 spiro atoms. The van der Waals surface area contributed by atoms with E-state index in [-0.39, 0.29) is 5.91 Å². The van der Waals surface area contributed by atoms with Gasteiger partial charge in [0.1, 0.15) is 15.6 Å². The summed E-state index contributed by atoms with van der Waals surface area (Å²) in [6.45, 7) is 0. The zero-order valence-corrected chi connectivity index (χ0v) is 16.8. The lowest BCUT2D eigenvalue weighted by atomic mass is 10.2. The van der Waals surface area contributed by atoms with Gasteiger partial charge in [0, 0.05) is 15.5 Å². The normalized spacial score (nSPS) is 11.3. The SMILES string of the molecule is O=C(Nc1nc(-c2nc3ccccc3s2)cs1)c1sc2ccccc2c1Cl. The van der Waals surface area contributed by atoms with Crippen molar-refractivity contribution in [3.8, 4) is 10.7 Å². The zero-order chi connectivity index (χ0) is 18.4. The Morgan fingerprint density at radius 1 is 0.963 bits per heavy atom. The highest BCUT2D eigenvalue weighted by Crippen LogP contribution is 2.36. The molecule has 2 aromatic carbocycles. The molecule has 27 heavy (non-hydrogen) atoms. The molecule has 0 aliphatic rings. The van der Waals surface area contributed by atoms with E-state index < -0.39 is 0 Å². The van der Waals surface area contributed by atoms with Gasteiger partial charge in [-0.05, 0) is 18.2 Å². The Morgan fingerprint density at radius 3 is 2.56 bits per heavy atom. The highest BCUT2D eigenvalue weighted by molar-refractivity contribution is 7.22. The molecular formula is C19H10ClN3OS3. The number of hydrogen-bond acceptors (Lipinski definition) is 6. The van der Waals surface area contributed by atoms with Crippen LogP contribution in [0.3, 0.4) is 0 Å². The molecule has 8 heteroatoms. The van der Waals surface area contributed by atoms with E-state index in [0.717, 1.165) is 31.0 Å². The predicted molar refractivity (Wildman–Crippen MR) is 116 cm³/mol. The van der Waals surface area contributed by atoms with Crippen LogP contribution in [0.25, 0.3) is 31.0 Å². The van der Waals surface area contributed by atoms with Crippen molar-refractivity contribution in [2.45, 2.75) is 0 Å². The van der Waals surface area contributed by atoms with Gasteiger partial charge >= 0.3 is 0 Å². The van der Waals surface area contributed by atoms with Crippen LogP contribution in [0.2, 0.25) is 5.02 Å². The second-order valence-electron chi connectivity index (χ2n) is 5.72. The van der Waals surface area contributed by atoms with E-state index >= 15 is 0 Å². The van der Waals surface area contributed by atoms with Gasteiger partial charge < -0.3 is 0 Å². The van der Waals surface area contributed by atoms with E-state index in [1.54, 1.807) is 11.3 Å². The van der Waals surface area contributed by atoms with E-state index in [1.807, 2.05) is 53.9 Å². The molecule has 0 aliphatic carbocycles. The van der Waals surface area contributed by atoms with Gasteiger partial charge in [-0.1, -0.05) is 41.9 Å². The summed E-state index contributed by atoms with van der Waals surface area (Å²) in [6.07, 6.45) is 0. The zero-order valence-electron chi connectivity index (χ0n) is 13.6. The van der Waals surface area contributed by atoms with E-state index in [4.69, 9.17) is 11.6 Å². The number of benzene rings is 2. The third-order valence-corrected chi connectivity index (χ3v) is 7.47. The number of para-hydroxylation sites is 1. The van der Waals surface area contributed by atoms with E-state index in [0.29, 0.717) is 15.0 Å². The number of thiophene rings is 1. The van der Waals surface area contributed by atoms with Crippen LogP contribution >= 0.6 is 45.6 Å². The van der Waals surface area contributed by atoms with Gasteiger partial charge in [0.25, 0.3) is 5.91 Å². The summed E-state index contributed by atoms with van der Waals surface area (Å²) >= 11 is 10.7. The molecule has 0 saturated carbocycles. The van der Waals surface area contributed by atoms with Crippen molar-refractivity contribution in [3.63, 3.8) is 0 Å². The lowest BCUT2D eigenvalue weighted by Gasteiger charge is -1.99. The minimum absolute atomic E-state index is 0.244. The van der Waals surface area contributed by atoms with E-state index in [9.17, 15) is 4.79 Å². The Hall–Kier alpha value is -2.32. The Labute approximate surface area is 171 Å². The van der Waals surface area contributed by atoms with Crippen molar-refractivity contribution >= 4 is 77.0 Å². The lowest BCUT2D eigenvalue weighted by Crippen LogP contribution is -2.10. The third kappa shape index (κ3) is 3.02. The number of carbonyl (C=O) groups excluding carboxylic acids is 1. The maximum absolute atomic E-state index is 12.7. The number of nitrogens with zero attached hydrogens (tertiary/aromatic N) is 2. The summed E-state index contributed by atoms with van der Waals surface area (Å²) in [6, 6.07) is 15.7. The fraction of sp³-hybridized carbons (Fsp3) is 0. The quantitative estimate of drug-likeness (QED) is 0.355. The number of anilines is 1. The summed E-state index contributed by atoms with van der Waals surface area (Å²) in [5.41, 5.74) is 1.71. The van der Waals surface area contributed by atoms with Crippen LogP contribution in [-0.2, 0) is 0 Å². The van der Waals surface area contributed by atoms with Gasteiger partial charge in [0.2, 0.25) is 0 Å². The average Bonchev–Trinajstić information content (AvgIpc) is 3.39. The van der Waals surface area contributed by atoms with Gasteiger partial charge in [-0.3, -0.25) is 10.1 Å². The summed E-state index contributed by atoms with van der Waals surface area (Å²) in [5, 5.41) is 7.50. The number of halogens is 1. The first-order valence-electron chi connectivity index (χ1n) is 7.99. The Morgan fingerprint density at radius 2 is 1.74 bits per heavy atom. The molecule has 3 heterocycles. The number of fused-ring (bicyclic) bond motifs is 2. The molecule has 0 bridgehead atoms. The molecule has 0 atom stereocenters. The molecule has 0 radical (unpaired) electrons. The first-order valence-corrected chi connectivity index (χ1v) is 10.9. The maximum atomic E-state index is 12.7. The van der Waals surface area contributed by atoms with E-state index in [1.165, 1.54) is 22.7 Å². The Balaban J connectivity index is 1.42. The minimum atomic E-state index is -0.244. The predicted octanol–water partition coefficient (Wildman–Crippen LogP) is 6.54. The Kier molecular flexibility index (Phi) is 4.17. The second kappa shape index (κ2) is 6.69. The summed E-state index contributed by atoms with van der Waals surface area (Å²) < 4.78 is 2.10. The highest BCUT2D eigenvalue weighted by atomic mass is 35.5. The molecule has 4 nitrogen and oxygen atoms in total. The molecular weight excluding hydrogens is 418 g/mol. The summed E-state index contributed by atoms with van der Waals surface area (Å²) in [7, 11) is 0. The molecule has 0 saturated heterocycles. The molecule has 1 amide bonds. The summed E-state index contributed by atoms with van der Waals surface area (Å²) in [5.74, 6) is -0.244. The molecule has 1 N–H and O–H groups in total. The molecule has 5 aromatic rings. The van der Waals surface area contributed by atoms with Crippen molar-refractivity contribution in [1.82, 2.24) is 9.97 Å². The smallest absolute Gasteiger partial charge is 0.269 e. The van der Waals surface area contributed by atoms with Crippen LogP contribution in [0.5, 0.6) is 0 Å². The van der Waals surface area contributed by atoms with Crippen molar-refractivity contribution in [2.24, 2.45) is 0 Å². The number of nitrogens with one attached hydrogen (secondary N) is 1. The molecule has 132 valence electrons. The standard InChI is InChI=1S/C19H10ClN3OS3/c20-15-10-5-1-3-7-13(10)26-16(15)17(24)23-19-22-12(9-25-19)18-21-11-6-2-4-8-14(11)27-18/h1-9H,(H,22,23,24). The number of hydrogen-bond donors (Lipinski definition) is 1. The first kappa shape index (κ1) is 16.8. The van der Waals surface area contributed by atoms with Crippen molar-refractivity contribution in [2.75, 3.05) is 5.32 Å². The monoisotopic (exact) mass is 427 g/mol. The van der Waals surface area contributed by atoms with Crippen LogP contribution < -0.4 is 5.32 Å². The third-order valence-electron chi connectivity index (χ3n) is 3.98. The van der Waals surface area contributed by atoms with Crippen molar-refractivity contribution in [3.05, 3.63) is 63.8 Å². The number of aromatic nitrogens is 2. The van der Waals surface area contributed by atoms with E-state index in [2.05, 4.69) is 15.3 Å². The maximum Gasteiger partial charge on any atom is 0.269 e. The fourth-order valence-electron chi connectivity index (χ4n) is 2.73. The van der Waals surface area contributed by atoms with Crippen LogP contribution in [0.4, 0.5) is 5.13 Å².